The Hall–Kier alpha value is -0.610. The fourth-order valence-electron chi connectivity index (χ4n) is 2.26. The molecule has 0 aromatic rings. The van der Waals surface area contributed by atoms with Crippen molar-refractivity contribution in [2.24, 2.45) is 11.8 Å². The maximum absolute atomic E-state index is 12.3. The van der Waals surface area contributed by atoms with Crippen LogP contribution in [-0.4, -0.2) is 61.5 Å². The zero-order chi connectivity index (χ0) is 13.5. The number of amides is 1. The SMILES string of the molecule is CCN(CC)CCN(CC(C)C)C(=O)C1CNC1. The molecule has 1 N–H and O–H groups in total. The Balaban J connectivity index is 2.46. The number of carbonyl (C=O) groups excluding carboxylic acids is 1. The Bertz CT molecular complexity index is 247. The summed E-state index contributed by atoms with van der Waals surface area (Å²) in [5.41, 5.74) is 0. The third-order valence-electron chi connectivity index (χ3n) is 3.61. The van der Waals surface area contributed by atoms with E-state index in [1.807, 2.05) is 0 Å². The first kappa shape index (κ1) is 15.4. The van der Waals surface area contributed by atoms with Gasteiger partial charge in [0.25, 0.3) is 0 Å². The lowest BCUT2D eigenvalue weighted by Crippen LogP contribution is -2.53. The first-order chi connectivity index (χ1) is 8.58. The van der Waals surface area contributed by atoms with Crippen molar-refractivity contribution in [1.29, 1.82) is 0 Å². The lowest BCUT2D eigenvalue weighted by molar-refractivity contribution is -0.137. The molecule has 18 heavy (non-hydrogen) atoms. The van der Waals surface area contributed by atoms with Gasteiger partial charge in [-0.25, -0.2) is 0 Å². The first-order valence-electron chi connectivity index (χ1n) is 7.30. The molecule has 1 rings (SSSR count). The summed E-state index contributed by atoms with van der Waals surface area (Å²) in [4.78, 5) is 16.8. The molecule has 0 bridgehead atoms. The number of carbonyl (C=O) groups is 1. The van der Waals surface area contributed by atoms with Gasteiger partial charge in [0.15, 0.2) is 0 Å². The van der Waals surface area contributed by atoms with Crippen molar-refractivity contribution < 1.29 is 4.79 Å². The van der Waals surface area contributed by atoms with Gasteiger partial charge in [-0.3, -0.25) is 4.79 Å². The molecule has 0 aromatic heterocycles. The van der Waals surface area contributed by atoms with Crippen molar-refractivity contribution in [2.45, 2.75) is 27.7 Å². The van der Waals surface area contributed by atoms with Gasteiger partial charge in [-0.2, -0.15) is 0 Å². The Morgan fingerprint density at radius 3 is 2.22 bits per heavy atom. The molecule has 1 saturated heterocycles. The number of hydrogen-bond acceptors (Lipinski definition) is 3. The smallest absolute Gasteiger partial charge is 0.228 e. The molecular weight excluding hydrogens is 226 g/mol. The minimum absolute atomic E-state index is 0.223. The molecule has 1 fully saturated rings. The summed E-state index contributed by atoms with van der Waals surface area (Å²) in [6, 6.07) is 0. The van der Waals surface area contributed by atoms with Crippen molar-refractivity contribution in [3.8, 4) is 0 Å². The number of rotatable bonds is 8. The molecule has 0 aromatic carbocycles. The Kier molecular flexibility index (Phi) is 6.65. The molecule has 0 saturated carbocycles. The van der Waals surface area contributed by atoms with Crippen LogP contribution in [0.3, 0.4) is 0 Å². The average Bonchev–Trinajstić information content (AvgIpc) is 2.25. The maximum atomic E-state index is 12.3. The Morgan fingerprint density at radius 1 is 1.22 bits per heavy atom. The van der Waals surface area contributed by atoms with E-state index in [2.05, 4.69) is 42.8 Å². The van der Waals surface area contributed by atoms with Crippen LogP contribution in [0.1, 0.15) is 27.7 Å². The highest BCUT2D eigenvalue weighted by molar-refractivity contribution is 5.80. The van der Waals surface area contributed by atoms with Crippen LogP contribution >= 0.6 is 0 Å². The summed E-state index contributed by atoms with van der Waals surface area (Å²) in [6.07, 6.45) is 0. The van der Waals surface area contributed by atoms with Crippen LogP contribution in [0.5, 0.6) is 0 Å². The monoisotopic (exact) mass is 255 g/mol. The standard InChI is InChI=1S/C14H29N3O/c1-5-16(6-2)7-8-17(11-12(3)4)14(18)13-9-15-10-13/h12-13,15H,5-11H2,1-4H3. The second kappa shape index (κ2) is 7.74. The molecule has 0 spiro atoms. The number of likely N-dealkylation sites (N-methyl/N-ethyl adjacent to an activating group) is 1. The number of nitrogens with zero attached hydrogens (tertiary/aromatic N) is 2. The van der Waals surface area contributed by atoms with E-state index in [1.54, 1.807) is 0 Å². The highest BCUT2D eigenvalue weighted by atomic mass is 16.2. The minimum atomic E-state index is 0.223. The topological polar surface area (TPSA) is 35.6 Å². The fourth-order valence-corrected chi connectivity index (χ4v) is 2.26. The van der Waals surface area contributed by atoms with Gasteiger partial charge in [-0.05, 0) is 19.0 Å². The van der Waals surface area contributed by atoms with E-state index in [0.29, 0.717) is 11.8 Å². The molecule has 0 atom stereocenters. The van der Waals surface area contributed by atoms with Crippen LogP contribution in [0, 0.1) is 11.8 Å². The third kappa shape index (κ3) is 4.58. The van der Waals surface area contributed by atoms with Gasteiger partial charge in [-0.1, -0.05) is 27.7 Å². The molecule has 4 heteroatoms. The zero-order valence-electron chi connectivity index (χ0n) is 12.4. The van der Waals surface area contributed by atoms with Crippen LogP contribution in [0.15, 0.2) is 0 Å². The van der Waals surface area contributed by atoms with Gasteiger partial charge >= 0.3 is 0 Å². The molecule has 106 valence electrons. The highest BCUT2D eigenvalue weighted by Crippen LogP contribution is 2.10. The van der Waals surface area contributed by atoms with Crippen LogP contribution in [0.25, 0.3) is 0 Å². The third-order valence-corrected chi connectivity index (χ3v) is 3.61. The summed E-state index contributed by atoms with van der Waals surface area (Å²) in [6.45, 7) is 15.3. The molecule has 1 amide bonds. The van der Waals surface area contributed by atoms with E-state index < -0.39 is 0 Å². The second-order valence-corrected chi connectivity index (χ2v) is 5.56. The Labute approximate surface area is 112 Å². The lowest BCUT2D eigenvalue weighted by Gasteiger charge is -2.34. The van der Waals surface area contributed by atoms with E-state index in [-0.39, 0.29) is 5.92 Å². The van der Waals surface area contributed by atoms with Crippen molar-refractivity contribution >= 4 is 5.91 Å². The zero-order valence-corrected chi connectivity index (χ0v) is 12.4. The summed E-state index contributed by atoms with van der Waals surface area (Å²) in [7, 11) is 0. The molecule has 0 unspecified atom stereocenters. The van der Waals surface area contributed by atoms with Gasteiger partial charge in [0.2, 0.25) is 5.91 Å². The summed E-state index contributed by atoms with van der Waals surface area (Å²) < 4.78 is 0. The quantitative estimate of drug-likeness (QED) is 0.704. The number of nitrogens with one attached hydrogen (secondary N) is 1. The number of hydrogen-bond donors (Lipinski definition) is 1. The predicted octanol–water partition coefficient (Wildman–Crippen LogP) is 1.03. The molecule has 0 aliphatic carbocycles. The maximum Gasteiger partial charge on any atom is 0.228 e. The van der Waals surface area contributed by atoms with E-state index in [0.717, 1.165) is 45.8 Å². The second-order valence-electron chi connectivity index (χ2n) is 5.56. The molecule has 1 aliphatic heterocycles. The summed E-state index contributed by atoms with van der Waals surface area (Å²) >= 11 is 0. The largest absolute Gasteiger partial charge is 0.341 e. The van der Waals surface area contributed by atoms with E-state index in [9.17, 15) is 4.79 Å². The van der Waals surface area contributed by atoms with Gasteiger partial charge in [0.1, 0.15) is 0 Å². The van der Waals surface area contributed by atoms with Crippen LogP contribution in [-0.2, 0) is 4.79 Å². The van der Waals surface area contributed by atoms with Crippen LogP contribution in [0.2, 0.25) is 0 Å². The summed E-state index contributed by atoms with van der Waals surface area (Å²) in [5.74, 6) is 1.11. The van der Waals surface area contributed by atoms with Crippen molar-refractivity contribution in [3.63, 3.8) is 0 Å². The normalized spacial score (nSPS) is 16.1. The van der Waals surface area contributed by atoms with Crippen LogP contribution in [0.4, 0.5) is 0 Å². The minimum Gasteiger partial charge on any atom is -0.341 e. The molecule has 1 heterocycles. The van der Waals surface area contributed by atoms with E-state index in [4.69, 9.17) is 0 Å². The average molecular weight is 255 g/mol. The van der Waals surface area contributed by atoms with Crippen LogP contribution < -0.4 is 5.32 Å². The van der Waals surface area contributed by atoms with Gasteiger partial charge in [-0.15, -0.1) is 0 Å². The molecule has 1 aliphatic rings. The Morgan fingerprint density at radius 2 is 1.83 bits per heavy atom. The van der Waals surface area contributed by atoms with E-state index in [1.165, 1.54) is 0 Å². The van der Waals surface area contributed by atoms with Gasteiger partial charge in [0, 0.05) is 32.7 Å². The fraction of sp³-hybridized carbons (Fsp3) is 0.929. The highest BCUT2D eigenvalue weighted by Gasteiger charge is 2.29. The molecular formula is C14H29N3O. The first-order valence-corrected chi connectivity index (χ1v) is 7.30. The van der Waals surface area contributed by atoms with Crippen molar-refractivity contribution in [3.05, 3.63) is 0 Å². The van der Waals surface area contributed by atoms with E-state index >= 15 is 0 Å². The molecule has 0 radical (unpaired) electrons. The predicted molar refractivity (Wildman–Crippen MR) is 75.6 cm³/mol. The molecule has 4 nitrogen and oxygen atoms in total. The van der Waals surface area contributed by atoms with Crippen molar-refractivity contribution in [1.82, 2.24) is 15.1 Å². The van der Waals surface area contributed by atoms with Crippen molar-refractivity contribution in [2.75, 3.05) is 45.8 Å². The van der Waals surface area contributed by atoms with Gasteiger partial charge < -0.3 is 15.1 Å². The van der Waals surface area contributed by atoms with Gasteiger partial charge in [0.05, 0.1) is 5.92 Å². The lowest BCUT2D eigenvalue weighted by atomic mass is 10.0. The summed E-state index contributed by atoms with van der Waals surface area (Å²) in [5, 5.41) is 3.18.